The zero-order valence-electron chi connectivity index (χ0n) is 8.86. The third-order valence-electron chi connectivity index (χ3n) is 2.89. The van der Waals surface area contributed by atoms with Crippen LogP contribution < -0.4 is 0 Å². The zero-order chi connectivity index (χ0) is 10.9. The average molecular weight is 202 g/mol. The summed E-state index contributed by atoms with van der Waals surface area (Å²) in [5, 5.41) is 18.3. The van der Waals surface area contributed by atoms with Crippen LogP contribution in [0.3, 0.4) is 0 Å². The predicted molar refractivity (Wildman–Crippen MR) is 51.0 cm³/mol. The largest absolute Gasteiger partial charge is 0.479 e. The first-order valence-corrected chi connectivity index (χ1v) is 4.97. The lowest BCUT2D eigenvalue weighted by Gasteiger charge is -2.30. The van der Waals surface area contributed by atoms with E-state index in [0.29, 0.717) is 0 Å². The maximum absolute atomic E-state index is 11.1. The standard InChI is InChI=1S/C10H18O4/c1-6(11)7(2)14-10(3,9(12)13)8-4-5-8/h6-8,11H,4-5H2,1-3H3,(H,12,13). The van der Waals surface area contributed by atoms with Crippen LogP contribution in [0.2, 0.25) is 0 Å². The summed E-state index contributed by atoms with van der Waals surface area (Å²) in [5.74, 6) is -0.839. The number of carbonyl (C=O) groups is 1. The van der Waals surface area contributed by atoms with E-state index in [9.17, 15) is 9.90 Å². The molecule has 0 bridgehead atoms. The van der Waals surface area contributed by atoms with Gasteiger partial charge in [0.1, 0.15) is 0 Å². The Hall–Kier alpha value is -0.610. The van der Waals surface area contributed by atoms with Gasteiger partial charge in [-0.3, -0.25) is 0 Å². The Labute approximate surface area is 83.9 Å². The van der Waals surface area contributed by atoms with Gasteiger partial charge in [0.15, 0.2) is 5.60 Å². The van der Waals surface area contributed by atoms with Crippen LogP contribution >= 0.6 is 0 Å². The quantitative estimate of drug-likeness (QED) is 0.698. The first-order chi connectivity index (χ1) is 6.38. The lowest BCUT2D eigenvalue weighted by atomic mass is 10.00. The van der Waals surface area contributed by atoms with Crippen molar-refractivity contribution in [2.45, 2.75) is 51.4 Å². The zero-order valence-corrected chi connectivity index (χ0v) is 8.86. The minimum Gasteiger partial charge on any atom is -0.479 e. The molecule has 0 amide bonds. The third kappa shape index (κ3) is 2.25. The molecule has 4 nitrogen and oxygen atoms in total. The summed E-state index contributed by atoms with van der Waals surface area (Å²) in [6, 6.07) is 0. The molecule has 1 saturated carbocycles. The molecule has 0 saturated heterocycles. The molecule has 1 fully saturated rings. The molecule has 82 valence electrons. The van der Waals surface area contributed by atoms with E-state index in [4.69, 9.17) is 9.84 Å². The first kappa shape index (κ1) is 11.5. The Morgan fingerprint density at radius 3 is 2.29 bits per heavy atom. The highest BCUT2D eigenvalue weighted by Gasteiger charge is 2.49. The van der Waals surface area contributed by atoms with Crippen LogP contribution in [0.25, 0.3) is 0 Å². The molecule has 1 aliphatic rings. The second kappa shape index (κ2) is 3.87. The van der Waals surface area contributed by atoms with Gasteiger partial charge in [0.25, 0.3) is 0 Å². The van der Waals surface area contributed by atoms with Crippen molar-refractivity contribution in [1.29, 1.82) is 0 Å². The van der Waals surface area contributed by atoms with E-state index in [2.05, 4.69) is 0 Å². The summed E-state index contributed by atoms with van der Waals surface area (Å²) in [5.41, 5.74) is -1.13. The molecular weight excluding hydrogens is 184 g/mol. The van der Waals surface area contributed by atoms with Gasteiger partial charge in [0.05, 0.1) is 12.2 Å². The van der Waals surface area contributed by atoms with Crippen molar-refractivity contribution in [1.82, 2.24) is 0 Å². The van der Waals surface area contributed by atoms with Crippen molar-refractivity contribution in [3.8, 4) is 0 Å². The van der Waals surface area contributed by atoms with Crippen LogP contribution in [0.15, 0.2) is 0 Å². The molecule has 14 heavy (non-hydrogen) atoms. The number of hydrogen-bond acceptors (Lipinski definition) is 3. The van der Waals surface area contributed by atoms with Gasteiger partial charge in [-0.2, -0.15) is 0 Å². The van der Waals surface area contributed by atoms with Crippen molar-refractivity contribution < 1.29 is 19.7 Å². The Morgan fingerprint density at radius 2 is 2.00 bits per heavy atom. The van der Waals surface area contributed by atoms with E-state index < -0.39 is 23.8 Å². The molecule has 0 radical (unpaired) electrons. The highest BCUT2D eigenvalue weighted by molar-refractivity contribution is 5.78. The molecule has 3 unspecified atom stereocenters. The van der Waals surface area contributed by atoms with Gasteiger partial charge < -0.3 is 14.9 Å². The molecule has 0 aromatic carbocycles. The summed E-state index contributed by atoms with van der Waals surface area (Å²) in [4.78, 5) is 11.1. The number of aliphatic carboxylic acids is 1. The van der Waals surface area contributed by atoms with Crippen LogP contribution in [-0.4, -0.2) is 34.0 Å². The van der Waals surface area contributed by atoms with Gasteiger partial charge in [-0.1, -0.05) is 0 Å². The number of carboxylic acids is 1. The van der Waals surface area contributed by atoms with Gasteiger partial charge in [-0.25, -0.2) is 4.79 Å². The van der Waals surface area contributed by atoms with Crippen LogP contribution in [-0.2, 0) is 9.53 Å². The molecule has 2 N–H and O–H groups in total. The van der Waals surface area contributed by atoms with E-state index in [0.717, 1.165) is 12.8 Å². The topological polar surface area (TPSA) is 66.8 Å². The summed E-state index contributed by atoms with van der Waals surface area (Å²) in [6.07, 6.45) is 0.703. The maximum atomic E-state index is 11.1. The third-order valence-corrected chi connectivity index (χ3v) is 2.89. The van der Waals surface area contributed by atoms with Gasteiger partial charge in [0.2, 0.25) is 0 Å². The highest BCUT2D eigenvalue weighted by Crippen LogP contribution is 2.42. The normalized spacial score (nSPS) is 25.1. The van der Waals surface area contributed by atoms with E-state index in [-0.39, 0.29) is 5.92 Å². The minimum atomic E-state index is -1.13. The minimum absolute atomic E-state index is 0.0983. The fraction of sp³-hybridized carbons (Fsp3) is 0.900. The molecular formula is C10H18O4. The number of carboxylic acid groups (broad SMARTS) is 1. The number of hydrogen-bond donors (Lipinski definition) is 2. The Kier molecular flexibility index (Phi) is 3.17. The second-order valence-electron chi connectivity index (χ2n) is 4.25. The first-order valence-electron chi connectivity index (χ1n) is 4.97. The highest BCUT2D eigenvalue weighted by atomic mass is 16.5. The van der Waals surface area contributed by atoms with Gasteiger partial charge in [-0.05, 0) is 39.5 Å². The summed E-state index contributed by atoms with van der Waals surface area (Å²) in [7, 11) is 0. The Balaban J connectivity index is 2.64. The second-order valence-corrected chi connectivity index (χ2v) is 4.25. The van der Waals surface area contributed by atoms with Crippen LogP contribution in [0, 0.1) is 5.92 Å². The summed E-state index contributed by atoms with van der Waals surface area (Å²) < 4.78 is 5.44. The monoisotopic (exact) mass is 202 g/mol. The lowest BCUT2D eigenvalue weighted by molar-refractivity contribution is -0.180. The molecule has 1 aliphatic carbocycles. The number of rotatable bonds is 5. The molecule has 1 rings (SSSR count). The molecule has 0 aromatic rings. The van der Waals surface area contributed by atoms with E-state index in [1.54, 1.807) is 20.8 Å². The SMILES string of the molecule is CC(O)C(C)OC(C)(C(=O)O)C1CC1. The predicted octanol–water partition coefficient (Wildman–Crippen LogP) is 1.03. The number of aliphatic hydroxyl groups is 1. The molecule has 0 aromatic heterocycles. The van der Waals surface area contributed by atoms with Gasteiger partial charge in [0, 0.05) is 0 Å². The summed E-state index contributed by atoms with van der Waals surface area (Å²) in [6.45, 7) is 4.87. The number of ether oxygens (including phenoxy) is 1. The van der Waals surface area contributed by atoms with Crippen LogP contribution in [0.5, 0.6) is 0 Å². The van der Waals surface area contributed by atoms with Crippen molar-refractivity contribution in [2.24, 2.45) is 5.92 Å². The van der Waals surface area contributed by atoms with Crippen molar-refractivity contribution in [3.05, 3.63) is 0 Å². The lowest BCUT2D eigenvalue weighted by Crippen LogP contribution is -2.45. The molecule has 4 heteroatoms. The molecule has 0 spiro atoms. The van der Waals surface area contributed by atoms with Crippen molar-refractivity contribution in [2.75, 3.05) is 0 Å². The van der Waals surface area contributed by atoms with Crippen molar-refractivity contribution >= 4 is 5.97 Å². The molecule has 3 atom stereocenters. The Morgan fingerprint density at radius 1 is 1.50 bits per heavy atom. The van der Waals surface area contributed by atoms with Crippen molar-refractivity contribution in [3.63, 3.8) is 0 Å². The molecule has 0 aliphatic heterocycles. The molecule has 0 heterocycles. The maximum Gasteiger partial charge on any atom is 0.335 e. The van der Waals surface area contributed by atoms with Crippen LogP contribution in [0.1, 0.15) is 33.6 Å². The summed E-state index contributed by atoms with van der Waals surface area (Å²) >= 11 is 0. The van der Waals surface area contributed by atoms with E-state index in [1.165, 1.54) is 0 Å². The average Bonchev–Trinajstić information content (AvgIpc) is 2.85. The number of aliphatic hydroxyl groups excluding tert-OH is 1. The fourth-order valence-corrected chi connectivity index (χ4v) is 1.44. The van der Waals surface area contributed by atoms with Gasteiger partial charge in [-0.15, -0.1) is 0 Å². The Bertz CT molecular complexity index is 222. The van der Waals surface area contributed by atoms with Gasteiger partial charge >= 0.3 is 5.97 Å². The van der Waals surface area contributed by atoms with E-state index in [1.807, 2.05) is 0 Å². The smallest absolute Gasteiger partial charge is 0.335 e. The van der Waals surface area contributed by atoms with E-state index >= 15 is 0 Å². The van der Waals surface area contributed by atoms with Crippen LogP contribution in [0.4, 0.5) is 0 Å². The fourth-order valence-electron chi connectivity index (χ4n) is 1.44.